The molecule has 1 aromatic rings. The average molecular weight is 290 g/mol. The Balaban J connectivity index is 2.20. The van der Waals surface area contributed by atoms with Crippen molar-refractivity contribution in [3.05, 3.63) is 35.4 Å². The summed E-state index contributed by atoms with van der Waals surface area (Å²) in [5, 5.41) is 12.4. The number of aliphatic hydroxyl groups is 1. The number of hydrogen-bond donors (Lipinski definition) is 2. The van der Waals surface area contributed by atoms with Gasteiger partial charge in [0.1, 0.15) is 0 Å². The van der Waals surface area contributed by atoms with Crippen LogP contribution in [-0.2, 0) is 0 Å². The van der Waals surface area contributed by atoms with Crippen molar-refractivity contribution in [3.63, 3.8) is 0 Å². The molecule has 0 unspecified atom stereocenters. The maximum atomic E-state index is 12.1. The molecule has 1 aliphatic rings. The number of hydrogen-bond acceptors (Lipinski definition) is 3. The van der Waals surface area contributed by atoms with E-state index in [9.17, 15) is 9.90 Å². The van der Waals surface area contributed by atoms with Gasteiger partial charge in [-0.3, -0.25) is 9.69 Å². The fraction of sp³-hybridized carbons (Fsp3) is 0.588. The lowest BCUT2D eigenvalue weighted by atomic mass is 9.87. The lowest BCUT2D eigenvalue weighted by Crippen LogP contribution is -2.59. The van der Waals surface area contributed by atoms with Crippen LogP contribution in [0.3, 0.4) is 0 Å². The zero-order valence-electron chi connectivity index (χ0n) is 13.2. The topological polar surface area (TPSA) is 52.6 Å². The third-order valence-electron chi connectivity index (χ3n) is 4.52. The van der Waals surface area contributed by atoms with Gasteiger partial charge >= 0.3 is 0 Å². The Morgan fingerprint density at radius 1 is 1.48 bits per heavy atom. The van der Waals surface area contributed by atoms with E-state index >= 15 is 0 Å². The van der Waals surface area contributed by atoms with Gasteiger partial charge in [-0.15, -0.1) is 0 Å². The second-order valence-corrected chi connectivity index (χ2v) is 5.91. The summed E-state index contributed by atoms with van der Waals surface area (Å²) in [7, 11) is 1.67. The molecule has 0 bridgehead atoms. The normalized spacial score (nSPS) is 23.4. The fourth-order valence-corrected chi connectivity index (χ4v) is 3.08. The number of rotatable bonds is 6. The van der Waals surface area contributed by atoms with Crippen LogP contribution in [0.15, 0.2) is 24.3 Å². The molecule has 1 fully saturated rings. The minimum absolute atomic E-state index is 0.0246. The Bertz CT molecular complexity index is 489. The van der Waals surface area contributed by atoms with Crippen molar-refractivity contribution < 1.29 is 9.90 Å². The van der Waals surface area contributed by atoms with Crippen molar-refractivity contribution in [2.24, 2.45) is 0 Å². The highest BCUT2D eigenvalue weighted by Crippen LogP contribution is 2.29. The summed E-state index contributed by atoms with van der Waals surface area (Å²) >= 11 is 0. The molecule has 0 aliphatic carbocycles. The lowest BCUT2D eigenvalue weighted by Gasteiger charge is -2.45. The number of likely N-dealkylation sites (tertiary alicyclic amines) is 1. The van der Waals surface area contributed by atoms with Crippen molar-refractivity contribution >= 4 is 5.91 Å². The van der Waals surface area contributed by atoms with E-state index < -0.39 is 0 Å². The highest BCUT2D eigenvalue weighted by atomic mass is 16.3. The van der Waals surface area contributed by atoms with Crippen LogP contribution < -0.4 is 5.32 Å². The number of carbonyl (C=O) groups is 1. The monoisotopic (exact) mass is 290 g/mol. The third-order valence-corrected chi connectivity index (χ3v) is 4.52. The van der Waals surface area contributed by atoms with Gasteiger partial charge in [0.05, 0.1) is 6.10 Å². The first-order valence-corrected chi connectivity index (χ1v) is 7.81. The molecule has 0 radical (unpaired) electrons. The summed E-state index contributed by atoms with van der Waals surface area (Å²) in [5.41, 5.74) is 1.89. The molecular formula is C17H26N2O2. The van der Waals surface area contributed by atoms with Crippen LogP contribution in [0.4, 0.5) is 0 Å². The van der Waals surface area contributed by atoms with Crippen LogP contribution in [-0.4, -0.2) is 48.2 Å². The van der Waals surface area contributed by atoms with Gasteiger partial charge in [0.25, 0.3) is 5.91 Å². The number of carbonyl (C=O) groups excluding carboxylic acids is 1. The molecule has 3 atom stereocenters. The van der Waals surface area contributed by atoms with Gasteiger partial charge in [-0.25, -0.2) is 0 Å². The van der Waals surface area contributed by atoms with Crippen LogP contribution in [0.5, 0.6) is 0 Å². The molecule has 4 heteroatoms. The van der Waals surface area contributed by atoms with Crippen LogP contribution in [0.2, 0.25) is 0 Å². The minimum atomic E-state index is -0.207. The predicted octanol–water partition coefficient (Wildman–Crippen LogP) is 1.99. The summed E-state index contributed by atoms with van der Waals surface area (Å²) in [4.78, 5) is 14.4. The van der Waals surface area contributed by atoms with Crippen molar-refractivity contribution in [2.45, 2.75) is 44.8 Å². The summed E-state index contributed by atoms with van der Waals surface area (Å²) in [5.74, 6) is 0.307. The number of β-amino-alcohol motifs (C(OH)–C–C–N with tert-alkyl or cyclic N) is 1. The molecule has 0 aromatic heterocycles. The van der Waals surface area contributed by atoms with Gasteiger partial charge in [-0.2, -0.15) is 0 Å². The third kappa shape index (κ3) is 3.44. The molecule has 1 amide bonds. The molecule has 1 aromatic carbocycles. The van der Waals surface area contributed by atoms with Crippen molar-refractivity contribution in [1.82, 2.24) is 10.2 Å². The smallest absolute Gasteiger partial charge is 0.251 e. The summed E-state index contributed by atoms with van der Waals surface area (Å²) in [6.07, 6.45) is 1.92. The van der Waals surface area contributed by atoms with E-state index in [0.29, 0.717) is 5.92 Å². The Hall–Kier alpha value is -1.39. The number of amides is 1. The zero-order valence-corrected chi connectivity index (χ0v) is 13.2. The molecule has 2 rings (SSSR count). The molecule has 4 nitrogen and oxygen atoms in total. The fourth-order valence-electron chi connectivity index (χ4n) is 3.08. The van der Waals surface area contributed by atoms with E-state index in [4.69, 9.17) is 0 Å². The second kappa shape index (κ2) is 7.05. The first-order chi connectivity index (χ1) is 10.1. The summed E-state index contributed by atoms with van der Waals surface area (Å²) in [6, 6.07) is 8.08. The standard InChI is InChI=1S/C17H26N2O2/c1-4-7-13(10-19-11-16(20)12(19)2)14-8-5-6-9-15(14)17(21)18-3/h5-6,8-9,12-13,16,20H,4,7,10-11H2,1-3H3,(H,18,21)/t12-,13+,16-/m0/s1. The predicted molar refractivity (Wildman–Crippen MR) is 84.5 cm³/mol. The number of benzene rings is 1. The van der Waals surface area contributed by atoms with Gasteiger partial charge in [0.2, 0.25) is 0 Å². The van der Waals surface area contributed by atoms with E-state index in [1.807, 2.05) is 18.2 Å². The van der Waals surface area contributed by atoms with Crippen molar-refractivity contribution in [2.75, 3.05) is 20.1 Å². The molecule has 21 heavy (non-hydrogen) atoms. The lowest BCUT2D eigenvalue weighted by molar-refractivity contribution is -0.0551. The molecule has 2 N–H and O–H groups in total. The second-order valence-electron chi connectivity index (χ2n) is 5.91. The Morgan fingerprint density at radius 3 is 2.76 bits per heavy atom. The molecule has 0 spiro atoms. The average Bonchev–Trinajstić information content (AvgIpc) is 2.52. The van der Waals surface area contributed by atoms with Crippen LogP contribution in [0.1, 0.15) is 48.5 Å². The largest absolute Gasteiger partial charge is 0.390 e. The van der Waals surface area contributed by atoms with Gasteiger partial charge in [-0.1, -0.05) is 31.5 Å². The molecule has 1 heterocycles. The number of aliphatic hydroxyl groups excluding tert-OH is 1. The highest BCUT2D eigenvalue weighted by molar-refractivity contribution is 5.95. The number of nitrogens with one attached hydrogen (secondary N) is 1. The van der Waals surface area contributed by atoms with E-state index in [2.05, 4.69) is 30.1 Å². The van der Waals surface area contributed by atoms with E-state index in [1.54, 1.807) is 7.05 Å². The molecule has 1 saturated heterocycles. The number of nitrogens with zero attached hydrogens (tertiary/aromatic N) is 1. The summed E-state index contributed by atoms with van der Waals surface area (Å²) < 4.78 is 0. The Morgan fingerprint density at radius 2 is 2.19 bits per heavy atom. The maximum absolute atomic E-state index is 12.1. The van der Waals surface area contributed by atoms with Crippen LogP contribution in [0.25, 0.3) is 0 Å². The Labute approximate surface area is 127 Å². The first-order valence-electron chi connectivity index (χ1n) is 7.81. The van der Waals surface area contributed by atoms with Gasteiger partial charge in [0.15, 0.2) is 0 Å². The SMILES string of the molecule is CCC[C@H](CN1C[C@H](O)[C@@H]1C)c1ccccc1C(=O)NC. The van der Waals surface area contributed by atoms with Crippen LogP contribution >= 0.6 is 0 Å². The minimum Gasteiger partial charge on any atom is -0.390 e. The van der Waals surface area contributed by atoms with E-state index in [-0.39, 0.29) is 18.1 Å². The zero-order chi connectivity index (χ0) is 15.4. The quantitative estimate of drug-likeness (QED) is 0.842. The Kier molecular flexibility index (Phi) is 5.37. The molecule has 1 aliphatic heterocycles. The molecular weight excluding hydrogens is 264 g/mol. The van der Waals surface area contributed by atoms with Crippen molar-refractivity contribution in [3.8, 4) is 0 Å². The van der Waals surface area contributed by atoms with E-state index in [1.165, 1.54) is 0 Å². The van der Waals surface area contributed by atoms with Crippen molar-refractivity contribution in [1.29, 1.82) is 0 Å². The highest BCUT2D eigenvalue weighted by Gasteiger charge is 2.35. The van der Waals surface area contributed by atoms with Crippen LogP contribution in [0, 0.1) is 0 Å². The maximum Gasteiger partial charge on any atom is 0.251 e. The van der Waals surface area contributed by atoms with Gasteiger partial charge in [0, 0.05) is 31.7 Å². The molecule has 0 saturated carbocycles. The molecule has 116 valence electrons. The first kappa shape index (κ1) is 16.0. The summed E-state index contributed by atoms with van der Waals surface area (Å²) in [6.45, 7) is 5.87. The van der Waals surface area contributed by atoms with E-state index in [0.717, 1.165) is 37.1 Å². The van der Waals surface area contributed by atoms with Gasteiger partial charge in [-0.05, 0) is 30.9 Å². The van der Waals surface area contributed by atoms with Gasteiger partial charge < -0.3 is 10.4 Å².